The van der Waals surface area contributed by atoms with E-state index >= 15 is 0 Å². The molecule has 1 fully saturated rings. The highest BCUT2D eigenvalue weighted by molar-refractivity contribution is 6.31. The van der Waals surface area contributed by atoms with E-state index in [1.807, 2.05) is 0 Å². The molecule has 1 N–H and O–H groups in total. The number of anilines is 2. The fraction of sp³-hybridized carbons (Fsp3) is 0.286. The van der Waals surface area contributed by atoms with Crippen molar-refractivity contribution in [2.75, 3.05) is 37.6 Å². The number of amides is 2. The standard InChI is InChI=1S/C21H20Cl2N2O6/c1-29-17-5-3-13(22)8-15(17)24-19(26)11-31-21(28)12-7-20(27)25(10-12)16-9-14(23)4-6-18(16)30-2/h3-6,8-9,12H,7,10-11H2,1-2H3,(H,24,26)/t12-/m1/s1. The Balaban J connectivity index is 1.59. The molecular weight excluding hydrogens is 447 g/mol. The molecule has 1 atom stereocenters. The summed E-state index contributed by atoms with van der Waals surface area (Å²) >= 11 is 12.0. The van der Waals surface area contributed by atoms with E-state index in [-0.39, 0.29) is 18.9 Å². The molecule has 0 saturated carbocycles. The molecular formula is C21H20Cl2N2O6. The Hall–Kier alpha value is -2.97. The van der Waals surface area contributed by atoms with E-state index in [0.717, 1.165) is 0 Å². The molecule has 8 nitrogen and oxygen atoms in total. The molecule has 2 amide bonds. The van der Waals surface area contributed by atoms with Gasteiger partial charge in [0.25, 0.3) is 5.91 Å². The van der Waals surface area contributed by atoms with Gasteiger partial charge in [0.15, 0.2) is 6.61 Å². The predicted octanol–water partition coefficient (Wildman–Crippen LogP) is 3.55. The lowest BCUT2D eigenvalue weighted by Crippen LogP contribution is -2.28. The lowest BCUT2D eigenvalue weighted by Gasteiger charge is -2.19. The van der Waals surface area contributed by atoms with Crippen LogP contribution in [0.4, 0.5) is 11.4 Å². The second-order valence-electron chi connectivity index (χ2n) is 6.72. The van der Waals surface area contributed by atoms with Crippen molar-refractivity contribution in [1.29, 1.82) is 0 Å². The zero-order valence-electron chi connectivity index (χ0n) is 16.8. The first-order chi connectivity index (χ1) is 14.8. The number of hydrogen-bond acceptors (Lipinski definition) is 6. The van der Waals surface area contributed by atoms with Gasteiger partial charge in [0.05, 0.1) is 31.5 Å². The third kappa shape index (κ3) is 5.39. The first-order valence-corrected chi connectivity index (χ1v) is 10.0. The second-order valence-corrected chi connectivity index (χ2v) is 7.59. The summed E-state index contributed by atoms with van der Waals surface area (Å²) in [5, 5.41) is 3.42. The number of halogens is 2. The molecule has 1 aliphatic rings. The van der Waals surface area contributed by atoms with E-state index in [4.69, 9.17) is 37.4 Å². The Morgan fingerprint density at radius 1 is 1.06 bits per heavy atom. The van der Waals surface area contributed by atoms with Crippen LogP contribution in [0.1, 0.15) is 6.42 Å². The first kappa shape index (κ1) is 22.7. The van der Waals surface area contributed by atoms with Gasteiger partial charge < -0.3 is 24.4 Å². The van der Waals surface area contributed by atoms with E-state index in [1.54, 1.807) is 30.3 Å². The Kier molecular flexibility index (Phi) is 7.25. The van der Waals surface area contributed by atoms with E-state index in [1.165, 1.54) is 25.2 Å². The SMILES string of the molecule is COc1ccc(Cl)cc1NC(=O)COC(=O)[C@@H]1CC(=O)N(c2cc(Cl)ccc2OC)C1. The number of ether oxygens (including phenoxy) is 3. The smallest absolute Gasteiger partial charge is 0.311 e. The van der Waals surface area contributed by atoms with Gasteiger partial charge in [-0.15, -0.1) is 0 Å². The van der Waals surface area contributed by atoms with Gasteiger partial charge in [-0.2, -0.15) is 0 Å². The van der Waals surface area contributed by atoms with Crippen LogP contribution >= 0.6 is 23.2 Å². The fourth-order valence-electron chi connectivity index (χ4n) is 3.19. The van der Waals surface area contributed by atoms with Crippen LogP contribution in [0.2, 0.25) is 10.0 Å². The number of esters is 1. The van der Waals surface area contributed by atoms with Crippen LogP contribution in [0.25, 0.3) is 0 Å². The number of rotatable bonds is 7. The first-order valence-electron chi connectivity index (χ1n) is 9.26. The van der Waals surface area contributed by atoms with Crippen LogP contribution in [0.15, 0.2) is 36.4 Å². The monoisotopic (exact) mass is 466 g/mol. The summed E-state index contributed by atoms with van der Waals surface area (Å²) in [6.45, 7) is -0.419. The summed E-state index contributed by atoms with van der Waals surface area (Å²) in [6, 6.07) is 9.62. The van der Waals surface area contributed by atoms with E-state index in [0.29, 0.717) is 32.9 Å². The molecule has 164 valence electrons. The van der Waals surface area contributed by atoms with Crippen molar-refractivity contribution in [3.05, 3.63) is 46.4 Å². The average Bonchev–Trinajstić information content (AvgIpc) is 3.13. The number of carbonyl (C=O) groups excluding carboxylic acids is 3. The predicted molar refractivity (Wildman–Crippen MR) is 116 cm³/mol. The molecule has 0 radical (unpaired) electrons. The van der Waals surface area contributed by atoms with Crippen molar-refractivity contribution in [2.24, 2.45) is 5.92 Å². The van der Waals surface area contributed by atoms with Crippen molar-refractivity contribution >= 4 is 52.4 Å². The minimum absolute atomic E-state index is 0.0434. The summed E-state index contributed by atoms with van der Waals surface area (Å²) in [4.78, 5) is 38.5. The van der Waals surface area contributed by atoms with E-state index < -0.39 is 24.4 Å². The average molecular weight is 467 g/mol. The summed E-state index contributed by atoms with van der Waals surface area (Å²) in [6.07, 6.45) is -0.0434. The largest absolute Gasteiger partial charge is 0.495 e. The van der Waals surface area contributed by atoms with Gasteiger partial charge in [-0.05, 0) is 36.4 Å². The summed E-state index contributed by atoms with van der Waals surface area (Å²) in [5.41, 5.74) is 0.826. The third-order valence-electron chi connectivity index (χ3n) is 4.67. The van der Waals surface area contributed by atoms with Gasteiger partial charge in [-0.25, -0.2) is 0 Å². The van der Waals surface area contributed by atoms with Gasteiger partial charge in [0, 0.05) is 23.0 Å². The second kappa shape index (κ2) is 9.89. The van der Waals surface area contributed by atoms with Crippen LogP contribution < -0.4 is 19.7 Å². The number of nitrogens with one attached hydrogen (secondary N) is 1. The van der Waals surface area contributed by atoms with Crippen molar-refractivity contribution in [2.45, 2.75) is 6.42 Å². The van der Waals surface area contributed by atoms with Gasteiger partial charge >= 0.3 is 5.97 Å². The maximum absolute atomic E-state index is 12.5. The molecule has 3 rings (SSSR count). The molecule has 1 saturated heterocycles. The summed E-state index contributed by atoms with van der Waals surface area (Å²) < 4.78 is 15.6. The summed E-state index contributed by atoms with van der Waals surface area (Å²) in [5.74, 6) is -1.32. The van der Waals surface area contributed by atoms with Crippen LogP contribution in [0, 0.1) is 5.92 Å². The quantitative estimate of drug-likeness (QED) is 0.627. The van der Waals surface area contributed by atoms with E-state index in [2.05, 4.69) is 5.32 Å². The van der Waals surface area contributed by atoms with Gasteiger partial charge in [-0.1, -0.05) is 23.2 Å². The van der Waals surface area contributed by atoms with Crippen molar-refractivity contribution in [3.63, 3.8) is 0 Å². The van der Waals surface area contributed by atoms with Crippen LogP contribution in [0.3, 0.4) is 0 Å². The maximum atomic E-state index is 12.5. The zero-order chi connectivity index (χ0) is 22.5. The lowest BCUT2D eigenvalue weighted by atomic mass is 10.1. The molecule has 0 aromatic heterocycles. The Morgan fingerprint density at radius 2 is 1.71 bits per heavy atom. The van der Waals surface area contributed by atoms with Crippen molar-refractivity contribution in [1.82, 2.24) is 0 Å². The normalized spacial score (nSPS) is 15.5. The lowest BCUT2D eigenvalue weighted by molar-refractivity contribution is -0.151. The Morgan fingerprint density at radius 3 is 2.39 bits per heavy atom. The molecule has 0 spiro atoms. The zero-order valence-corrected chi connectivity index (χ0v) is 18.3. The number of carbonyl (C=O) groups is 3. The van der Waals surface area contributed by atoms with Gasteiger partial charge in [-0.3, -0.25) is 14.4 Å². The van der Waals surface area contributed by atoms with Gasteiger partial charge in [0.1, 0.15) is 11.5 Å². The van der Waals surface area contributed by atoms with Crippen LogP contribution in [-0.4, -0.2) is 45.2 Å². The third-order valence-corrected chi connectivity index (χ3v) is 5.14. The Labute approximate surface area is 189 Å². The molecule has 1 heterocycles. The van der Waals surface area contributed by atoms with Crippen molar-refractivity contribution < 1.29 is 28.6 Å². The van der Waals surface area contributed by atoms with Gasteiger partial charge in [0.2, 0.25) is 5.91 Å². The Bertz CT molecular complexity index is 1010. The molecule has 2 aromatic rings. The molecule has 0 aliphatic carbocycles. The molecule has 2 aromatic carbocycles. The number of benzene rings is 2. The molecule has 31 heavy (non-hydrogen) atoms. The molecule has 1 aliphatic heterocycles. The minimum atomic E-state index is -0.718. The highest BCUT2D eigenvalue weighted by atomic mass is 35.5. The molecule has 0 bridgehead atoms. The molecule has 10 heteroatoms. The highest BCUT2D eigenvalue weighted by Gasteiger charge is 2.37. The van der Waals surface area contributed by atoms with E-state index in [9.17, 15) is 14.4 Å². The topological polar surface area (TPSA) is 94.2 Å². The maximum Gasteiger partial charge on any atom is 0.311 e. The molecule has 0 unspecified atom stereocenters. The fourth-order valence-corrected chi connectivity index (χ4v) is 3.53. The minimum Gasteiger partial charge on any atom is -0.495 e. The number of methoxy groups -OCH3 is 2. The number of nitrogens with zero attached hydrogens (tertiary/aromatic N) is 1. The van der Waals surface area contributed by atoms with Crippen molar-refractivity contribution in [3.8, 4) is 11.5 Å². The summed E-state index contributed by atoms with van der Waals surface area (Å²) in [7, 11) is 2.93. The number of hydrogen-bond donors (Lipinski definition) is 1. The van der Waals surface area contributed by atoms with Crippen LogP contribution in [-0.2, 0) is 19.1 Å². The highest BCUT2D eigenvalue weighted by Crippen LogP contribution is 2.35. The van der Waals surface area contributed by atoms with Crippen LogP contribution in [0.5, 0.6) is 11.5 Å².